The SMILES string of the molecule is Cc1ccc(O)c(C)c1-n1c(N)c(C(=O)N2CCn3ncc(C(F)(F)F)c3C2)c2nc(C)c(C)nc21. The van der Waals surface area contributed by atoms with Crippen LogP contribution in [0.4, 0.5) is 19.0 Å². The van der Waals surface area contributed by atoms with Gasteiger partial charge in [-0.05, 0) is 39.3 Å². The minimum atomic E-state index is -4.58. The Kier molecular flexibility index (Phi) is 5.23. The van der Waals surface area contributed by atoms with Gasteiger partial charge in [-0.15, -0.1) is 0 Å². The van der Waals surface area contributed by atoms with Gasteiger partial charge in [-0.1, -0.05) is 6.07 Å². The smallest absolute Gasteiger partial charge is 0.419 e. The van der Waals surface area contributed by atoms with Crippen LogP contribution in [-0.2, 0) is 19.3 Å². The van der Waals surface area contributed by atoms with Gasteiger partial charge in [0.25, 0.3) is 5.91 Å². The molecule has 12 heteroatoms. The van der Waals surface area contributed by atoms with Crippen molar-refractivity contribution in [1.82, 2.24) is 29.2 Å². The Labute approximate surface area is 204 Å². The lowest BCUT2D eigenvalue weighted by Gasteiger charge is -2.28. The number of nitrogens with two attached hydrogens (primary N) is 1. The van der Waals surface area contributed by atoms with Crippen molar-refractivity contribution in [2.75, 3.05) is 12.3 Å². The summed E-state index contributed by atoms with van der Waals surface area (Å²) in [6, 6.07) is 3.29. The van der Waals surface area contributed by atoms with Crippen LogP contribution in [0.1, 0.15) is 44.1 Å². The van der Waals surface area contributed by atoms with Crippen molar-refractivity contribution < 1.29 is 23.1 Å². The molecular weight excluding hydrogens is 475 g/mol. The highest BCUT2D eigenvalue weighted by Gasteiger charge is 2.39. The third-order valence-electron chi connectivity index (χ3n) is 6.74. The highest BCUT2D eigenvalue weighted by atomic mass is 19.4. The molecule has 5 rings (SSSR count). The number of alkyl halides is 3. The largest absolute Gasteiger partial charge is 0.508 e. The zero-order valence-corrected chi connectivity index (χ0v) is 20.1. The summed E-state index contributed by atoms with van der Waals surface area (Å²) >= 11 is 0. The number of fused-ring (bicyclic) bond motifs is 2. The van der Waals surface area contributed by atoms with E-state index in [1.807, 2.05) is 6.92 Å². The lowest BCUT2D eigenvalue weighted by atomic mass is 10.1. The molecule has 1 aliphatic rings. The molecule has 0 atom stereocenters. The number of phenolic OH excluding ortho intramolecular Hbond substituents is 1. The summed E-state index contributed by atoms with van der Waals surface area (Å²) in [7, 11) is 0. The van der Waals surface area contributed by atoms with Crippen LogP contribution in [0.5, 0.6) is 5.75 Å². The Balaban J connectivity index is 1.69. The maximum Gasteiger partial charge on any atom is 0.419 e. The number of carbonyl (C=O) groups excluding carboxylic acids is 1. The van der Waals surface area contributed by atoms with Crippen LogP contribution in [0.15, 0.2) is 18.3 Å². The minimum absolute atomic E-state index is 0.0468. The Morgan fingerprint density at radius 2 is 1.78 bits per heavy atom. The van der Waals surface area contributed by atoms with Crippen LogP contribution in [0, 0.1) is 27.7 Å². The minimum Gasteiger partial charge on any atom is -0.508 e. The summed E-state index contributed by atoms with van der Waals surface area (Å²) in [6.45, 7) is 7.09. The Morgan fingerprint density at radius 1 is 1.08 bits per heavy atom. The Hall–Kier alpha value is -4.09. The van der Waals surface area contributed by atoms with Crippen LogP contribution < -0.4 is 5.73 Å². The third kappa shape index (κ3) is 3.47. The molecule has 0 bridgehead atoms. The van der Waals surface area contributed by atoms with E-state index in [2.05, 4.69) is 15.1 Å². The highest BCUT2D eigenvalue weighted by Crippen LogP contribution is 2.37. The van der Waals surface area contributed by atoms with Crippen molar-refractivity contribution in [3.05, 3.63) is 57.7 Å². The van der Waals surface area contributed by atoms with E-state index in [4.69, 9.17) is 5.73 Å². The molecule has 1 aliphatic heterocycles. The molecule has 3 aromatic heterocycles. The average Bonchev–Trinajstić information content (AvgIpc) is 3.35. The quantitative estimate of drug-likeness (QED) is 0.433. The van der Waals surface area contributed by atoms with Gasteiger partial charge in [0, 0.05) is 12.1 Å². The van der Waals surface area contributed by atoms with Gasteiger partial charge in [0.1, 0.15) is 22.6 Å². The monoisotopic (exact) mass is 499 g/mol. The van der Waals surface area contributed by atoms with Gasteiger partial charge in [0.15, 0.2) is 5.65 Å². The number of anilines is 1. The highest BCUT2D eigenvalue weighted by molar-refractivity contribution is 6.10. The normalized spacial score (nSPS) is 13.9. The second-order valence-electron chi connectivity index (χ2n) is 8.99. The first-order chi connectivity index (χ1) is 16.9. The molecule has 0 saturated carbocycles. The number of rotatable bonds is 2. The Bertz CT molecular complexity index is 1550. The molecule has 0 saturated heterocycles. The number of aryl methyl sites for hydroxylation is 3. The number of aromatic nitrogens is 5. The molecule has 36 heavy (non-hydrogen) atoms. The van der Waals surface area contributed by atoms with Crippen LogP contribution in [0.2, 0.25) is 0 Å². The van der Waals surface area contributed by atoms with E-state index in [1.165, 1.54) is 9.58 Å². The number of nitrogen functional groups attached to an aromatic ring is 1. The van der Waals surface area contributed by atoms with Crippen LogP contribution in [0.3, 0.4) is 0 Å². The Morgan fingerprint density at radius 3 is 2.47 bits per heavy atom. The molecule has 4 aromatic rings. The number of hydrogen-bond acceptors (Lipinski definition) is 6. The van der Waals surface area contributed by atoms with Gasteiger partial charge in [-0.2, -0.15) is 18.3 Å². The van der Waals surface area contributed by atoms with Crippen molar-refractivity contribution >= 4 is 22.9 Å². The summed E-state index contributed by atoms with van der Waals surface area (Å²) < 4.78 is 43.3. The van der Waals surface area contributed by atoms with E-state index in [9.17, 15) is 23.1 Å². The summed E-state index contributed by atoms with van der Waals surface area (Å²) in [5.41, 5.74) is 9.36. The molecule has 0 fully saturated rings. The zero-order valence-electron chi connectivity index (χ0n) is 20.1. The van der Waals surface area contributed by atoms with Gasteiger partial charge >= 0.3 is 6.18 Å². The van der Waals surface area contributed by atoms with Gasteiger partial charge in [0.05, 0.1) is 47.6 Å². The second-order valence-corrected chi connectivity index (χ2v) is 8.99. The second kappa shape index (κ2) is 7.97. The lowest BCUT2D eigenvalue weighted by Crippen LogP contribution is -2.39. The fourth-order valence-electron chi connectivity index (χ4n) is 4.68. The molecule has 1 aromatic carbocycles. The van der Waals surface area contributed by atoms with Gasteiger partial charge in [0.2, 0.25) is 0 Å². The van der Waals surface area contributed by atoms with E-state index in [1.54, 1.807) is 37.5 Å². The van der Waals surface area contributed by atoms with Gasteiger partial charge in [-0.25, -0.2) is 9.97 Å². The standard InChI is InChI=1S/C24H24F3N7O2/c1-11-5-6-17(35)12(2)20(11)34-21(28)18(19-22(34)31-14(4)13(3)30-19)23(36)32-7-8-33-16(10-32)15(9-29-33)24(25,26)27/h5-6,9,35H,7-8,10,28H2,1-4H3. The van der Waals surface area contributed by atoms with E-state index in [0.717, 1.165) is 11.8 Å². The molecular formula is C24H24F3N7O2. The number of nitrogens with zero attached hydrogens (tertiary/aromatic N) is 6. The van der Waals surface area contributed by atoms with Crippen LogP contribution in [-0.4, -0.2) is 46.8 Å². The molecule has 3 N–H and O–H groups in total. The van der Waals surface area contributed by atoms with Crippen molar-refractivity contribution in [1.29, 1.82) is 0 Å². The van der Waals surface area contributed by atoms with Crippen LogP contribution >= 0.6 is 0 Å². The van der Waals surface area contributed by atoms with Crippen LogP contribution in [0.25, 0.3) is 16.9 Å². The number of benzene rings is 1. The molecule has 0 spiro atoms. The summed E-state index contributed by atoms with van der Waals surface area (Å²) in [5, 5.41) is 14.2. The summed E-state index contributed by atoms with van der Waals surface area (Å²) in [5.74, 6) is -0.456. The number of amides is 1. The van der Waals surface area contributed by atoms with Gasteiger partial charge in [-0.3, -0.25) is 14.0 Å². The summed E-state index contributed by atoms with van der Waals surface area (Å²) in [4.78, 5) is 24.4. The van der Waals surface area contributed by atoms with E-state index in [-0.39, 0.29) is 48.0 Å². The van der Waals surface area contributed by atoms with E-state index >= 15 is 0 Å². The average molecular weight is 499 g/mol. The number of halogens is 3. The molecule has 188 valence electrons. The first-order valence-electron chi connectivity index (χ1n) is 11.3. The fourth-order valence-corrected chi connectivity index (χ4v) is 4.68. The first kappa shape index (κ1) is 23.6. The number of hydrogen-bond donors (Lipinski definition) is 2. The molecule has 0 unspecified atom stereocenters. The van der Waals surface area contributed by atoms with Crippen molar-refractivity contribution in [3.8, 4) is 11.4 Å². The number of carbonyl (C=O) groups is 1. The maximum absolute atomic E-state index is 13.8. The first-order valence-corrected chi connectivity index (χ1v) is 11.3. The predicted octanol–water partition coefficient (Wildman–Crippen LogP) is 3.81. The lowest BCUT2D eigenvalue weighted by molar-refractivity contribution is -0.138. The molecule has 9 nitrogen and oxygen atoms in total. The van der Waals surface area contributed by atoms with Crippen molar-refractivity contribution in [2.45, 2.75) is 47.0 Å². The van der Waals surface area contributed by atoms with Crippen molar-refractivity contribution in [2.24, 2.45) is 0 Å². The van der Waals surface area contributed by atoms with Gasteiger partial charge < -0.3 is 15.7 Å². The predicted molar refractivity (Wildman–Crippen MR) is 126 cm³/mol. The zero-order chi connectivity index (χ0) is 26.1. The molecule has 4 heterocycles. The fraction of sp³-hybridized carbons (Fsp3) is 0.333. The summed E-state index contributed by atoms with van der Waals surface area (Å²) in [6.07, 6.45) is -3.80. The van der Waals surface area contributed by atoms with E-state index in [0.29, 0.717) is 28.3 Å². The number of phenols is 1. The molecule has 0 radical (unpaired) electrons. The maximum atomic E-state index is 13.8. The number of aromatic hydroxyl groups is 1. The topological polar surface area (TPSA) is 115 Å². The third-order valence-corrected chi connectivity index (χ3v) is 6.74. The van der Waals surface area contributed by atoms with Crippen molar-refractivity contribution in [3.63, 3.8) is 0 Å². The molecule has 0 aliphatic carbocycles. The van der Waals surface area contributed by atoms with E-state index < -0.39 is 17.6 Å². The molecule has 1 amide bonds.